The fraction of sp³-hybridized carbons (Fsp3) is 0.545. The lowest BCUT2D eigenvalue weighted by molar-refractivity contribution is -0.145. The molecule has 0 aliphatic heterocycles. The highest BCUT2D eigenvalue weighted by molar-refractivity contribution is 5.84. The molecule has 0 bridgehead atoms. The van der Waals surface area contributed by atoms with E-state index in [1.54, 1.807) is 6.20 Å². The van der Waals surface area contributed by atoms with Crippen molar-refractivity contribution in [2.45, 2.75) is 31.6 Å². The van der Waals surface area contributed by atoms with Crippen molar-refractivity contribution < 1.29 is 24.5 Å². The maximum absolute atomic E-state index is 11.5. The number of rotatable bonds is 7. The highest BCUT2D eigenvalue weighted by atomic mass is 16.5. The van der Waals surface area contributed by atoms with E-state index >= 15 is 0 Å². The Hall–Kier alpha value is -1.93. The van der Waals surface area contributed by atoms with Gasteiger partial charge in [0.1, 0.15) is 6.04 Å². The summed E-state index contributed by atoms with van der Waals surface area (Å²) < 4.78 is 4.60. The molecule has 1 aromatic rings. The minimum absolute atomic E-state index is 0.0891. The van der Waals surface area contributed by atoms with Gasteiger partial charge < -0.3 is 25.3 Å². The van der Waals surface area contributed by atoms with Gasteiger partial charge in [0.25, 0.3) is 0 Å². The normalized spacial score (nSPS) is 12.2. The number of nitrogens with zero attached hydrogens (tertiary/aromatic N) is 1. The lowest BCUT2D eigenvalue weighted by atomic mass is 10.1. The number of aromatic amines is 1. The first-order chi connectivity index (χ1) is 9.02. The van der Waals surface area contributed by atoms with Crippen molar-refractivity contribution in [3.63, 3.8) is 0 Å². The quantitative estimate of drug-likeness (QED) is 0.361. The van der Waals surface area contributed by atoms with Crippen molar-refractivity contribution in [2.75, 3.05) is 7.11 Å². The summed E-state index contributed by atoms with van der Waals surface area (Å²) >= 11 is 0. The zero-order valence-corrected chi connectivity index (χ0v) is 10.5. The number of aliphatic hydroxyl groups excluding tert-OH is 1. The van der Waals surface area contributed by atoms with Crippen molar-refractivity contribution in [1.29, 1.82) is 0 Å². The predicted octanol–water partition coefficient (Wildman–Crippen LogP) is -1.30. The van der Waals surface area contributed by atoms with Crippen LogP contribution in [-0.4, -0.2) is 51.5 Å². The maximum atomic E-state index is 11.5. The smallest absolute Gasteiger partial charge is 0.328 e. The van der Waals surface area contributed by atoms with E-state index in [1.807, 2.05) is 0 Å². The number of ether oxygens (including phenoxy) is 1. The van der Waals surface area contributed by atoms with Crippen LogP contribution in [0.5, 0.6) is 0 Å². The van der Waals surface area contributed by atoms with Crippen molar-refractivity contribution >= 4 is 11.9 Å². The van der Waals surface area contributed by atoms with E-state index < -0.39 is 24.2 Å². The molecule has 8 nitrogen and oxygen atoms in total. The first-order valence-corrected chi connectivity index (χ1v) is 5.73. The minimum atomic E-state index is -1.55. The van der Waals surface area contributed by atoms with Gasteiger partial charge in [0, 0.05) is 31.2 Å². The second-order valence-electron chi connectivity index (χ2n) is 3.94. The van der Waals surface area contributed by atoms with Gasteiger partial charge in [0.15, 0.2) is 6.29 Å². The van der Waals surface area contributed by atoms with E-state index in [2.05, 4.69) is 20.0 Å². The molecule has 106 valence electrons. The van der Waals surface area contributed by atoms with Crippen LogP contribution in [0, 0.1) is 0 Å². The van der Waals surface area contributed by atoms with Crippen LogP contribution < -0.4 is 5.32 Å². The monoisotopic (exact) mass is 271 g/mol. The number of carbonyl (C=O) groups excluding carboxylic acids is 2. The summed E-state index contributed by atoms with van der Waals surface area (Å²) in [6.45, 7) is 0. The Bertz CT molecular complexity index is 404. The molecule has 1 aromatic heterocycles. The molecule has 8 heteroatoms. The largest absolute Gasteiger partial charge is 0.467 e. The molecule has 4 N–H and O–H groups in total. The van der Waals surface area contributed by atoms with Gasteiger partial charge in [-0.1, -0.05) is 0 Å². The minimum Gasteiger partial charge on any atom is -0.467 e. The highest BCUT2D eigenvalue weighted by Crippen LogP contribution is 2.02. The summed E-state index contributed by atoms with van der Waals surface area (Å²) in [6, 6.07) is -0.839. The van der Waals surface area contributed by atoms with E-state index in [9.17, 15) is 9.59 Å². The average molecular weight is 271 g/mol. The Morgan fingerprint density at radius 3 is 2.79 bits per heavy atom. The zero-order chi connectivity index (χ0) is 14.3. The molecular formula is C11H17N3O5. The van der Waals surface area contributed by atoms with E-state index in [1.165, 1.54) is 13.4 Å². The number of esters is 1. The van der Waals surface area contributed by atoms with Crippen molar-refractivity contribution in [3.8, 4) is 0 Å². The lowest BCUT2D eigenvalue weighted by Gasteiger charge is -2.15. The molecule has 19 heavy (non-hydrogen) atoms. The van der Waals surface area contributed by atoms with Gasteiger partial charge in [-0.2, -0.15) is 0 Å². The molecule has 1 atom stereocenters. The van der Waals surface area contributed by atoms with Crippen molar-refractivity contribution in [2.24, 2.45) is 0 Å². The zero-order valence-electron chi connectivity index (χ0n) is 10.5. The van der Waals surface area contributed by atoms with Gasteiger partial charge in [-0.15, -0.1) is 0 Å². The van der Waals surface area contributed by atoms with Crippen molar-refractivity contribution in [3.05, 3.63) is 18.2 Å². The lowest BCUT2D eigenvalue weighted by Crippen LogP contribution is -2.43. The molecule has 0 saturated carbocycles. The van der Waals surface area contributed by atoms with E-state index in [4.69, 9.17) is 10.2 Å². The molecule has 1 unspecified atom stereocenters. The molecule has 0 fully saturated rings. The Morgan fingerprint density at radius 1 is 1.53 bits per heavy atom. The molecule has 0 radical (unpaired) electrons. The average Bonchev–Trinajstić information content (AvgIpc) is 2.87. The standard InChI is InChI=1S/C11H17N3O5/c1-19-11(18)8(4-7-5-12-6-13-7)14-9(15)2-3-10(16)17/h5-6,8,10,16-17H,2-4H2,1H3,(H,12,13)(H,14,15). The van der Waals surface area contributed by atoms with Crippen LogP contribution in [0.4, 0.5) is 0 Å². The summed E-state index contributed by atoms with van der Waals surface area (Å²) in [4.78, 5) is 29.7. The Balaban J connectivity index is 2.54. The predicted molar refractivity (Wildman–Crippen MR) is 63.7 cm³/mol. The Labute approximate surface area is 109 Å². The molecule has 1 amide bonds. The summed E-state index contributed by atoms with van der Waals surface area (Å²) in [7, 11) is 1.23. The van der Waals surface area contributed by atoms with Crippen LogP contribution in [0.2, 0.25) is 0 Å². The number of hydrogen-bond donors (Lipinski definition) is 4. The summed E-state index contributed by atoms with van der Waals surface area (Å²) in [5.41, 5.74) is 0.679. The van der Waals surface area contributed by atoms with Crippen LogP contribution >= 0.6 is 0 Å². The van der Waals surface area contributed by atoms with E-state index in [-0.39, 0.29) is 19.3 Å². The topological polar surface area (TPSA) is 125 Å². The number of nitrogens with one attached hydrogen (secondary N) is 2. The third kappa shape index (κ3) is 5.49. The number of H-pyrrole nitrogens is 1. The SMILES string of the molecule is COC(=O)C(Cc1cnc[nH]1)NC(=O)CCC(O)O. The number of methoxy groups -OCH3 is 1. The second-order valence-corrected chi connectivity index (χ2v) is 3.94. The second kappa shape index (κ2) is 7.49. The number of imidazole rings is 1. The third-order valence-electron chi connectivity index (χ3n) is 2.43. The Morgan fingerprint density at radius 2 is 2.26 bits per heavy atom. The Kier molecular flexibility index (Phi) is 5.97. The van der Waals surface area contributed by atoms with Gasteiger partial charge in [-0.3, -0.25) is 4.79 Å². The molecule has 0 aromatic carbocycles. The summed E-state index contributed by atoms with van der Waals surface area (Å²) in [5.74, 6) is -1.03. The van der Waals surface area contributed by atoms with Crippen molar-refractivity contribution in [1.82, 2.24) is 15.3 Å². The van der Waals surface area contributed by atoms with E-state index in [0.29, 0.717) is 5.69 Å². The van der Waals surface area contributed by atoms with Gasteiger partial charge >= 0.3 is 5.97 Å². The number of aromatic nitrogens is 2. The van der Waals surface area contributed by atoms with Gasteiger partial charge in [-0.25, -0.2) is 9.78 Å². The summed E-state index contributed by atoms with van der Waals surface area (Å²) in [5, 5.41) is 19.8. The first kappa shape index (κ1) is 15.1. The van der Waals surface area contributed by atoms with Gasteiger partial charge in [-0.05, 0) is 0 Å². The number of aliphatic hydroxyl groups is 2. The number of amides is 1. The van der Waals surface area contributed by atoms with Crippen LogP contribution in [0.1, 0.15) is 18.5 Å². The summed E-state index contributed by atoms with van der Waals surface area (Å²) in [6.07, 6.45) is 1.50. The van der Waals surface area contributed by atoms with Gasteiger partial charge in [0.2, 0.25) is 5.91 Å². The molecule has 1 heterocycles. The molecule has 0 spiro atoms. The number of carbonyl (C=O) groups is 2. The highest BCUT2D eigenvalue weighted by Gasteiger charge is 2.22. The van der Waals surface area contributed by atoms with Crippen LogP contribution in [-0.2, 0) is 20.7 Å². The van der Waals surface area contributed by atoms with E-state index in [0.717, 1.165) is 0 Å². The number of hydrogen-bond acceptors (Lipinski definition) is 6. The van der Waals surface area contributed by atoms with Gasteiger partial charge in [0.05, 0.1) is 13.4 Å². The molecule has 0 aliphatic carbocycles. The van der Waals surface area contributed by atoms with Crippen LogP contribution in [0.15, 0.2) is 12.5 Å². The molecule has 0 aliphatic rings. The van der Waals surface area contributed by atoms with Crippen LogP contribution in [0.25, 0.3) is 0 Å². The third-order valence-corrected chi connectivity index (χ3v) is 2.43. The maximum Gasteiger partial charge on any atom is 0.328 e. The fourth-order valence-corrected chi connectivity index (χ4v) is 1.48. The first-order valence-electron chi connectivity index (χ1n) is 5.73. The molecule has 1 rings (SSSR count). The molecule has 0 saturated heterocycles. The molecular weight excluding hydrogens is 254 g/mol. The van der Waals surface area contributed by atoms with Crippen LogP contribution in [0.3, 0.4) is 0 Å². The fourth-order valence-electron chi connectivity index (χ4n) is 1.48.